The second-order valence-electron chi connectivity index (χ2n) is 7.10. The van der Waals surface area contributed by atoms with Gasteiger partial charge in [0.05, 0.1) is 23.6 Å². The molecule has 0 fully saturated rings. The molecule has 1 unspecified atom stereocenters. The van der Waals surface area contributed by atoms with Gasteiger partial charge in [0.25, 0.3) is 5.69 Å². The van der Waals surface area contributed by atoms with Gasteiger partial charge in [-0.15, -0.1) is 12.4 Å². The third-order valence-corrected chi connectivity index (χ3v) is 5.28. The molecule has 0 amide bonds. The summed E-state index contributed by atoms with van der Waals surface area (Å²) in [7, 11) is 1.65. The fourth-order valence-electron chi connectivity index (χ4n) is 3.50. The molecule has 158 valence electrons. The molecule has 30 heavy (non-hydrogen) atoms. The summed E-state index contributed by atoms with van der Waals surface area (Å²) in [6.07, 6.45) is 0.811. The van der Waals surface area contributed by atoms with Crippen molar-refractivity contribution in [2.45, 2.75) is 26.3 Å². The summed E-state index contributed by atoms with van der Waals surface area (Å²) in [6, 6.07) is 21.4. The molecule has 0 aliphatic carbocycles. The van der Waals surface area contributed by atoms with Crippen molar-refractivity contribution in [1.82, 2.24) is 5.32 Å². The Kier molecular flexibility index (Phi) is 8.39. The fraction of sp³-hybridized carbons (Fsp3) is 0.250. The number of nitro groups is 1. The molecule has 3 aromatic rings. The van der Waals surface area contributed by atoms with Crippen LogP contribution >= 0.6 is 12.4 Å². The third-order valence-electron chi connectivity index (χ3n) is 5.28. The molecule has 0 aliphatic rings. The van der Waals surface area contributed by atoms with E-state index in [2.05, 4.69) is 5.32 Å². The highest BCUT2D eigenvalue weighted by molar-refractivity contribution is 5.85. The summed E-state index contributed by atoms with van der Waals surface area (Å²) in [5, 5.41) is 15.4. The monoisotopic (exact) mass is 426 g/mol. The Morgan fingerprint density at radius 1 is 1.00 bits per heavy atom. The van der Waals surface area contributed by atoms with Gasteiger partial charge in [-0.1, -0.05) is 48.5 Å². The number of nitrogens with one attached hydrogen (secondary N) is 1. The van der Waals surface area contributed by atoms with Crippen LogP contribution in [0.4, 0.5) is 5.69 Å². The van der Waals surface area contributed by atoms with Crippen molar-refractivity contribution >= 4 is 18.1 Å². The van der Waals surface area contributed by atoms with Crippen LogP contribution in [0, 0.1) is 24.0 Å². The number of rotatable bonds is 8. The lowest BCUT2D eigenvalue weighted by Crippen LogP contribution is -2.25. The van der Waals surface area contributed by atoms with Crippen LogP contribution in [-0.4, -0.2) is 18.6 Å². The van der Waals surface area contributed by atoms with Crippen LogP contribution in [0.25, 0.3) is 0 Å². The number of benzene rings is 3. The van der Waals surface area contributed by atoms with Crippen molar-refractivity contribution in [3.8, 4) is 5.75 Å². The van der Waals surface area contributed by atoms with E-state index >= 15 is 0 Å². The normalized spacial score (nSPS) is 11.4. The molecule has 0 saturated carbocycles. The second kappa shape index (κ2) is 10.8. The maximum Gasteiger partial charge on any atom is 0.277 e. The first-order valence-corrected chi connectivity index (χ1v) is 9.67. The van der Waals surface area contributed by atoms with E-state index in [1.54, 1.807) is 7.11 Å². The molecule has 0 bridgehead atoms. The first-order valence-electron chi connectivity index (χ1n) is 9.67. The minimum Gasteiger partial charge on any atom is -0.497 e. The van der Waals surface area contributed by atoms with E-state index in [1.165, 1.54) is 5.56 Å². The van der Waals surface area contributed by atoms with Gasteiger partial charge in [-0.25, -0.2) is 0 Å². The molecule has 0 aromatic heterocycles. The fourth-order valence-corrected chi connectivity index (χ4v) is 3.50. The summed E-state index contributed by atoms with van der Waals surface area (Å²) in [5.74, 6) is 0.828. The zero-order valence-corrected chi connectivity index (χ0v) is 18.2. The maximum atomic E-state index is 11.9. The smallest absolute Gasteiger partial charge is 0.277 e. The predicted molar refractivity (Wildman–Crippen MR) is 123 cm³/mol. The molecule has 3 rings (SSSR count). The van der Waals surface area contributed by atoms with Gasteiger partial charge in [0.15, 0.2) is 0 Å². The van der Waals surface area contributed by atoms with Crippen LogP contribution < -0.4 is 10.1 Å². The van der Waals surface area contributed by atoms with Crippen molar-refractivity contribution in [3.05, 3.63) is 105 Å². The molecule has 0 radical (unpaired) electrons. The predicted octanol–water partition coefficient (Wildman–Crippen LogP) is 5.56. The molecule has 3 aromatic carbocycles. The molecular formula is C24H27ClN2O3. The highest BCUT2D eigenvalue weighted by Gasteiger charge is 2.26. The lowest BCUT2D eigenvalue weighted by atomic mass is 9.93. The highest BCUT2D eigenvalue weighted by atomic mass is 35.5. The number of aryl methyl sites for hydroxylation is 1. The van der Waals surface area contributed by atoms with Crippen LogP contribution in [0.2, 0.25) is 0 Å². The Balaban J connectivity index is 0.00000320. The largest absolute Gasteiger partial charge is 0.497 e. The van der Waals surface area contributed by atoms with E-state index < -0.39 is 0 Å². The van der Waals surface area contributed by atoms with E-state index in [-0.39, 0.29) is 29.1 Å². The summed E-state index contributed by atoms with van der Waals surface area (Å²) >= 11 is 0. The molecule has 5 nitrogen and oxygen atoms in total. The van der Waals surface area contributed by atoms with Gasteiger partial charge in [0.2, 0.25) is 0 Å². The average Bonchev–Trinajstić information content (AvgIpc) is 2.74. The first-order chi connectivity index (χ1) is 14.0. The number of methoxy groups -OCH3 is 1. The van der Waals surface area contributed by atoms with Crippen molar-refractivity contribution < 1.29 is 9.66 Å². The Bertz CT molecular complexity index is 976. The minimum atomic E-state index is -0.265. The van der Waals surface area contributed by atoms with Crippen molar-refractivity contribution in [2.75, 3.05) is 13.7 Å². The standard InChI is InChI=1S/C24H26N2O3.ClH/c1-17-9-14-22(24(18(17)2)26(27)28)23(20-7-5-4-6-8-20)25-16-15-19-10-12-21(29-3)13-11-19;/h4-14,23,25H,15-16H2,1-3H3;1H. The number of nitrogens with zero attached hydrogens (tertiary/aromatic N) is 1. The lowest BCUT2D eigenvalue weighted by molar-refractivity contribution is -0.386. The number of hydrogen-bond donors (Lipinski definition) is 1. The summed E-state index contributed by atoms with van der Waals surface area (Å²) in [4.78, 5) is 11.6. The molecule has 0 saturated heterocycles. The number of hydrogen-bond acceptors (Lipinski definition) is 4. The summed E-state index contributed by atoms with van der Waals surface area (Å²) in [5.41, 5.74) is 4.71. The maximum absolute atomic E-state index is 11.9. The Morgan fingerprint density at radius 2 is 1.67 bits per heavy atom. The van der Waals surface area contributed by atoms with E-state index in [9.17, 15) is 10.1 Å². The van der Waals surface area contributed by atoms with Crippen LogP contribution in [0.15, 0.2) is 66.7 Å². The van der Waals surface area contributed by atoms with Crippen LogP contribution in [-0.2, 0) is 6.42 Å². The number of nitro benzene ring substituents is 1. The molecule has 1 atom stereocenters. The second-order valence-corrected chi connectivity index (χ2v) is 7.10. The summed E-state index contributed by atoms with van der Waals surface area (Å²) in [6.45, 7) is 4.41. The van der Waals surface area contributed by atoms with Crippen molar-refractivity contribution in [1.29, 1.82) is 0 Å². The average molecular weight is 427 g/mol. The van der Waals surface area contributed by atoms with Crippen LogP contribution in [0.1, 0.15) is 33.9 Å². The molecule has 1 N–H and O–H groups in total. The SMILES string of the molecule is COc1ccc(CCNC(c2ccccc2)c2ccc(C)c(C)c2[N+](=O)[O-])cc1.Cl. The zero-order valence-electron chi connectivity index (χ0n) is 17.4. The third kappa shape index (κ3) is 5.38. The molecular weight excluding hydrogens is 400 g/mol. The van der Waals surface area contributed by atoms with E-state index in [0.29, 0.717) is 17.7 Å². The van der Waals surface area contributed by atoms with Gasteiger partial charge >= 0.3 is 0 Å². The van der Waals surface area contributed by atoms with E-state index in [4.69, 9.17) is 4.74 Å². The Morgan fingerprint density at radius 3 is 2.27 bits per heavy atom. The number of ether oxygens (including phenoxy) is 1. The Labute approximate surface area is 183 Å². The van der Waals surface area contributed by atoms with E-state index in [0.717, 1.165) is 23.3 Å². The van der Waals surface area contributed by atoms with Gasteiger partial charge in [0.1, 0.15) is 5.75 Å². The van der Waals surface area contributed by atoms with Crippen LogP contribution in [0.3, 0.4) is 0 Å². The van der Waals surface area contributed by atoms with Crippen LogP contribution in [0.5, 0.6) is 5.75 Å². The van der Waals surface area contributed by atoms with Gasteiger partial charge < -0.3 is 10.1 Å². The zero-order chi connectivity index (χ0) is 20.8. The first kappa shape index (κ1) is 23.4. The molecule has 6 heteroatoms. The van der Waals surface area contributed by atoms with Gasteiger partial charge in [-0.05, 0) is 55.2 Å². The Hall–Kier alpha value is -2.89. The van der Waals surface area contributed by atoms with Crippen molar-refractivity contribution in [2.24, 2.45) is 0 Å². The summed E-state index contributed by atoms with van der Waals surface area (Å²) < 4.78 is 5.20. The highest BCUT2D eigenvalue weighted by Crippen LogP contribution is 2.34. The number of halogens is 1. The van der Waals surface area contributed by atoms with Crippen molar-refractivity contribution in [3.63, 3.8) is 0 Å². The topological polar surface area (TPSA) is 64.4 Å². The van der Waals surface area contributed by atoms with Gasteiger partial charge in [0, 0.05) is 12.1 Å². The molecule has 0 aliphatic heterocycles. The van der Waals surface area contributed by atoms with Gasteiger partial charge in [-0.2, -0.15) is 0 Å². The lowest BCUT2D eigenvalue weighted by Gasteiger charge is -2.21. The quantitative estimate of drug-likeness (QED) is 0.378. The molecule has 0 spiro atoms. The molecule has 0 heterocycles. The minimum absolute atomic E-state index is 0. The van der Waals surface area contributed by atoms with Gasteiger partial charge in [-0.3, -0.25) is 10.1 Å². The van der Waals surface area contributed by atoms with E-state index in [1.807, 2.05) is 80.6 Å².